The number of barbiturate groups is 1. The Bertz CT molecular complexity index is 1220. The summed E-state index contributed by atoms with van der Waals surface area (Å²) in [6, 6.07) is 19.6. The Morgan fingerprint density at radius 1 is 0.875 bits per heavy atom. The SMILES string of the molecule is O=C1NC(=O)N(c2ccccc2)C(=O)/C1=C/c1cc(Cl)ccc1OCc1ccc(Cl)cc1. The number of benzene rings is 3. The first-order chi connectivity index (χ1) is 15.4. The van der Waals surface area contributed by atoms with Gasteiger partial charge in [0.25, 0.3) is 11.8 Å². The van der Waals surface area contributed by atoms with Crippen LogP contribution in [0.5, 0.6) is 5.75 Å². The number of nitrogens with zero attached hydrogens (tertiary/aromatic N) is 1. The summed E-state index contributed by atoms with van der Waals surface area (Å²) in [5.41, 5.74) is 1.44. The molecule has 1 saturated heterocycles. The largest absolute Gasteiger partial charge is 0.488 e. The van der Waals surface area contributed by atoms with Crippen LogP contribution in [0.4, 0.5) is 10.5 Å². The third kappa shape index (κ3) is 4.66. The molecule has 4 amide bonds. The Balaban J connectivity index is 1.66. The normalized spacial score (nSPS) is 15.1. The number of imide groups is 2. The van der Waals surface area contributed by atoms with Gasteiger partial charge in [-0.3, -0.25) is 14.9 Å². The van der Waals surface area contributed by atoms with Gasteiger partial charge in [-0.25, -0.2) is 9.69 Å². The van der Waals surface area contributed by atoms with Crippen LogP contribution in [0.15, 0.2) is 78.4 Å². The first-order valence-electron chi connectivity index (χ1n) is 9.55. The monoisotopic (exact) mass is 466 g/mol. The minimum absolute atomic E-state index is 0.216. The van der Waals surface area contributed by atoms with E-state index in [1.165, 1.54) is 6.08 Å². The van der Waals surface area contributed by atoms with Gasteiger partial charge < -0.3 is 4.74 Å². The zero-order valence-electron chi connectivity index (χ0n) is 16.5. The van der Waals surface area contributed by atoms with Gasteiger partial charge in [0, 0.05) is 15.6 Å². The molecule has 1 aliphatic heterocycles. The van der Waals surface area contributed by atoms with Gasteiger partial charge in [0.15, 0.2) is 0 Å². The lowest BCUT2D eigenvalue weighted by Gasteiger charge is -2.26. The summed E-state index contributed by atoms with van der Waals surface area (Å²) >= 11 is 12.1. The predicted molar refractivity (Wildman–Crippen MR) is 123 cm³/mol. The van der Waals surface area contributed by atoms with E-state index in [2.05, 4.69) is 5.32 Å². The van der Waals surface area contributed by atoms with Crippen LogP contribution >= 0.6 is 23.2 Å². The Kier molecular flexibility index (Phi) is 6.25. The average molecular weight is 467 g/mol. The van der Waals surface area contributed by atoms with E-state index in [0.29, 0.717) is 27.0 Å². The van der Waals surface area contributed by atoms with Gasteiger partial charge in [-0.05, 0) is 54.1 Å². The number of anilines is 1. The summed E-state index contributed by atoms with van der Waals surface area (Å²) < 4.78 is 5.89. The number of carbonyl (C=O) groups is 3. The lowest BCUT2D eigenvalue weighted by atomic mass is 10.1. The quantitative estimate of drug-likeness (QED) is 0.412. The van der Waals surface area contributed by atoms with E-state index >= 15 is 0 Å². The fourth-order valence-electron chi connectivity index (χ4n) is 3.13. The van der Waals surface area contributed by atoms with Gasteiger partial charge in [0.1, 0.15) is 17.9 Å². The Morgan fingerprint density at radius 2 is 1.56 bits per heavy atom. The lowest BCUT2D eigenvalue weighted by molar-refractivity contribution is -0.122. The van der Waals surface area contributed by atoms with Crippen molar-refractivity contribution in [1.29, 1.82) is 0 Å². The number of carbonyl (C=O) groups excluding carboxylic acids is 3. The molecule has 1 fully saturated rings. The molecule has 0 aliphatic carbocycles. The maximum Gasteiger partial charge on any atom is 0.335 e. The molecule has 3 aromatic rings. The second-order valence-electron chi connectivity index (χ2n) is 6.89. The van der Waals surface area contributed by atoms with Crippen molar-refractivity contribution < 1.29 is 19.1 Å². The van der Waals surface area contributed by atoms with Crippen LogP contribution in [0.1, 0.15) is 11.1 Å². The van der Waals surface area contributed by atoms with Gasteiger partial charge in [-0.1, -0.05) is 53.5 Å². The highest BCUT2D eigenvalue weighted by Gasteiger charge is 2.36. The van der Waals surface area contributed by atoms with Crippen molar-refractivity contribution in [2.24, 2.45) is 0 Å². The average Bonchev–Trinajstić information content (AvgIpc) is 2.78. The van der Waals surface area contributed by atoms with Crippen molar-refractivity contribution in [1.82, 2.24) is 5.32 Å². The molecule has 0 aromatic heterocycles. The number of urea groups is 1. The van der Waals surface area contributed by atoms with Crippen LogP contribution in [-0.2, 0) is 16.2 Å². The summed E-state index contributed by atoms with van der Waals surface area (Å²) in [4.78, 5) is 38.7. The van der Waals surface area contributed by atoms with Crippen LogP contribution in [-0.4, -0.2) is 17.8 Å². The molecule has 0 radical (unpaired) electrons. The molecule has 0 unspecified atom stereocenters. The Labute approximate surface area is 194 Å². The zero-order chi connectivity index (χ0) is 22.7. The van der Waals surface area contributed by atoms with E-state index in [4.69, 9.17) is 27.9 Å². The number of rotatable bonds is 5. The maximum atomic E-state index is 13.0. The summed E-state index contributed by atoms with van der Waals surface area (Å²) in [6.07, 6.45) is 1.36. The second kappa shape index (κ2) is 9.26. The van der Waals surface area contributed by atoms with Crippen LogP contribution in [0, 0.1) is 0 Å². The van der Waals surface area contributed by atoms with E-state index < -0.39 is 17.8 Å². The number of amides is 4. The fourth-order valence-corrected chi connectivity index (χ4v) is 3.44. The highest BCUT2D eigenvalue weighted by Crippen LogP contribution is 2.28. The maximum absolute atomic E-state index is 13.0. The summed E-state index contributed by atoms with van der Waals surface area (Å²) in [5, 5.41) is 3.21. The van der Waals surface area contributed by atoms with Gasteiger partial charge in [0.05, 0.1) is 5.69 Å². The van der Waals surface area contributed by atoms with Crippen molar-refractivity contribution in [3.8, 4) is 5.75 Å². The number of nitrogens with one attached hydrogen (secondary N) is 1. The predicted octanol–water partition coefficient (Wildman–Crippen LogP) is 5.24. The summed E-state index contributed by atoms with van der Waals surface area (Å²) in [6.45, 7) is 0.240. The van der Waals surface area contributed by atoms with Crippen LogP contribution < -0.4 is 15.0 Å². The zero-order valence-corrected chi connectivity index (χ0v) is 18.1. The van der Waals surface area contributed by atoms with Gasteiger partial charge >= 0.3 is 6.03 Å². The highest BCUT2D eigenvalue weighted by atomic mass is 35.5. The Hall–Kier alpha value is -3.61. The van der Waals surface area contributed by atoms with Gasteiger partial charge in [0.2, 0.25) is 0 Å². The van der Waals surface area contributed by atoms with E-state index in [-0.39, 0.29) is 12.2 Å². The van der Waals surface area contributed by atoms with Crippen LogP contribution in [0.25, 0.3) is 6.08 Å². The van der Waals surface area contributed by atoms with E-state index in [1.54, 1.807) is 60.7 Å². The topological polar surface area (TPSA) is 75.7 Å². The molecule has 1 aliphatic rings. The van der Waals surface area contributed by atoms with Crippen LogP contribution in [0.3, 0.4) is 0 Å². The molecule has 32 heavy (non-hydrogen) atoms. The molecule has 0 spiro atoms. The smallest absolute Gasteiger partial charge is 0.335 e. The minimum atomic E-state index is -0.811. The standard InChI is InChI=1S/C24H16Cl2N2O4/c25-17-8-6-15(7-9-17)14-32-21-11-10-18(26)12-16(21)13-20-22(29)27-24(31)28(23(20)30)19-4-2-1-3-5-19/h1-13H,14H2,(H,27,29,31)/b20-13+. The van der Waals surface area contributed by atoms with Crippen molar-refractivity contribution in [2.45, 2.75) is 6.61 Å². The number of hydrogen-bond acceptors (Lipinski definition) is 4. The third-order valence-corrected chi connectivity index (χ3v) is 5.18. The molecule has 8 heteroatoms. The van der Waals surface area contributed by atoms with Crippen molar-refractivity contribution in [2.75, 3.05) is 4.90 Å². The second-order valence-corrected chi connectivity index (χ2v) is 7.76. The Morgan fingerprint density at radius 3 is 2.28 bits per heavy atom. The van der Waals surface area contributed by atoms with Crippen molar-refractivity contribution in [3.05, 3.63) is 99.5 Å². The number of para-hydroxylation sites is 1. The van der Waals surface area contributed by atoms with E-state index in [1.807, 2.05) is 12.1 Å². The molecule has 6 nitrogen and oxygen atoms in total. The first kappa shape index (κ1) is 21.6. The number of ether oxygens (including phenoxy) is 1. The molecule has 1 heterocycles. The molecule has 0 saturated carbocycles. The molecular formula is C24H16Cl2N2O4. The molecule has 160 valence electrons. The lowest BCUT2D eigenvalue weighted by Crippen LogP contribution is -2.54. The number of hydrogen-bond donors (Lipinski definition) is 1. The molecule has 0 bridgehead atoms. The fraction of sp³-hybridized carbons (Fsp3) is 0.0417. The molecule has 1 N–H and O–H groups in total. The van der Waals surface area contributed by atoms with Crippen molar-refractivity contribution in [3.63, 3.8) is 0 Å². The summed E-state index contributed by atoms with van der Waals surface area (Å²) in [5.74, 6) is -1.12. The number of halogens is 2. The van der Waals surface area contributed by atoms with E-state index in [0.717, 1.165) is 10.5 Å². The molecular weight excluding hydrogens is 451 g/mol. The van der Waals surface area contributed by atoms with Gasteiger partial charge in [-0.2, -0.15) is 0 Å². The van der Waals surface area contributed by atoms with Gasteiger partial charge in [-0.15, -0.1) is 0 Å². The molecule has 4 rings (SSSR count). The summed E-state index contributed by atoms with van der Waals surface area (Å²) in [7, 11) is 0. The molecule has 3 aromatic carbocycles. The van der Waals surface area contributed by atoms with Crippen molar-refractivity contribution >= 4 is 52.8 Å². The molecule has 0 atom stereocenters. The third-order valence-electron chi connectivity index (χ3n) is 4.70. The highest BCUT2D eigenvalue weighted by molar-refractivity contribution is 6.39. The van der Waals surface area contributed by atoms with Crippen LogP contribution in [0.2, 0.25) is 10.0 Å². The first-order valence-corrected chi connectivity index (χ1v) is 10.3. The van der Waals surface area contributed by atoms with E-state index in [9.17, 15) is 14.4 Å². The minimum Gasteiger partial charge on any atom is -0.488 e.